The summed E-state index contributed by atoms with van der Waals surface area (Å²) in [6, 6.07) is 5.50. The lowest BCUT2D eigenvalue weighted by Crippen LogP contribution is -2.48. The first-order chi connectivity index (χ1) is 13.8. The molecule has 1 aromatic carbocycles. The second kappa shape index (κ2) is 9.26. The zero-order valence-corrected chi connectivity index (χ0v) is 18.0. The molecule has 29 heavy (non-hydrogen) atoms. The van der Waals surface area contributed by atoms with Gasteiger partial charge < -0.3 is 10.2 Å². The fourth-order valence-electron chi connectivity index (χ4n) is 4.36. The van der Waals surface area contributed by atoms with Crippen LogP contribution in [-0.4, -0.2) is 50.8 Å². The molecule has 3 rings (SSSR count). The normalized spacial score (nSPS) is 22.2. The molecule has 1 aromatic rings. The lowest BCUT2D eigenvalue weighted by atomic mass is 9.75. The monoisotopic (exact) mass is 421 g/mol. The Bertz CT molecular complexity index is 836. The van der Waals surface area contributed by atoms with Crippen molar-refractivity contribution in [2.75, 3.05) is 19.6 Å². The van der Waals surface area contributed by atoms with E-state index in [0.717, 1.165) is 25.4 Å². The zero-order chi connectivity index (χ0) is 21.0. The van der Waals surface area contributed by atoms with Gasteiger partial charge in [0.1, 0.15) is 0 Å². The van der Waals surface area contributed by atoms with Gasteiger partial charge in [-0.2, -0.15) is 0 Å². The number of hydrogen-bond acceptors (Lipinski definition) is 4. The lowest BCUT2D eigenvalue weighted by molar-refractivity contribution is -0.133. The number of nitrogens with one attached hydrogen (secondary N) is 2. The van der Waals surface area contributed by atoms with Crippen molar-refractivity contribution in [3.8, 4) is 0 Å². The second-order valence-corrected chi connectivity index (χ2v) is 10.1. The molecule has 0 aromatic heterocycles. The number of hydrogen-bond donors (Lipinski definition) is 2. The molecule has 1 aliphatic carbocycles. The molecule has 1 saturated carbocycles. The van der Waals surface area contributed by atoms with E-state index in [0.29, 0.717) is 11.5 Å². The van der Waals surface area contributed by atoms with Gasteiger partial charge in [0.2, 0.25) is 15.9 Å². The van der Waals surface area contributed by atoms with E-state index in [1.165, 1.54) is 49.9 Å². The number of benzene rings is 1. The molecule has 0 unspecified atom stereocenters. The maximum Gasteiger partial charge on any atom is 0.251 e. The maximum atomic E-state index is 12.5. The number of carbonyl (C=O) groups excluding carboxylic acids is 2. The van der Waals surface area contributed by atoms with Crippen LogP contribution in [0.4, 0.5) is 0 Å². The summed E-state index contributed by atoms with van der Waals surface area (Å²) in [6.07, 6.45) is 6.09. The summed E-state index contributed by atoms with van der Waals surface area (Å²) in [7, 11) is -3.59. The van der Waals surface area contributed by atoms with Crippen molar-refractivity contribution in [2.45, 2.75) is 56.9 Å². The van der Waals surface area contributed by atoms with Crippen molar-refractivity contribution >= 4 is 21.8 Å². The Morgan fingerprint density at radius 3 is 2.38 bits per heavy atom. The fourth-order valence-corrected chi connectivity index (χ4v) is 5.61. The number of likely N-dealkylation sites (tertiary alicyclic amines) is 1. The Morgan fingerprint density at radius 1 is 1.07 bits per heavy atom. The molecule has 1 aliphatic heterocycles. The molecule has 0 spiro atoms. The van der Waals surface area contributed by atoms with E-state index < -0.39 is 10.0 Å². The Hall–Kier alpha value is -1.93. The standard InChI is InChI=1S/C21H31N3O4S/c1-15(2)23-29(27,28)19-9-7-17(8-10-19)21(26)22-13-20(25)24-12-11-16-5-3-4-6-18(16)14-24/h7-10,15-16,18,23H,3-6,11-14H2,1-2H3,(H,22,26)/t16-,18+/m0/s1. The third-order valence-corrected chi connectivity index (χ3v) is 7.54. The zero-order valence-electron chi connectivity index (χ0n) is 17.2. The highest BCUT2D eigenvalue weighted by Crippen LogP contribution is 2.35. The maximum absolute atomic E-state index is 12.5. The number of rotatable bonds is 6. The topological polar surface area (TPSA) is 95.6 Å². The van der Waals surface area contributed by atoms with Gasteiger partial charge in [-0.3, -0.25) is 9.59 Å². The SMILES string of the molecule is CC(C)NS(=O)(=O)c1ccc(C(=O)NCC(=O)N2CC[C@@H]3CCCC[C@@H]3C2)cc1. The summed E-state index contributed by atoms with van der Waals surface area (Å²) in [5.74, 6) is 0.919. The van der Waals surface area contributed by atoms with Crippen LogP contribution in [0.2, 0.25) is 0 Å². The van der Waals surface area contributed by atoms with Gasteiger partial charge in [-0.05, 0) is 62.8 Å². The molecular weight excluding hydrogens is 390 g/mol. The third kappa shape index (κ3) is 5.57. The third-order valence-electron chi connectivity index (χ3n) is 5.86. The van der Waals surface area contributed by atoms with Gasteiger partial charge >= 0.3 is 0 Å². The molecule has 160 valence electrons. The molecule has 7 nitrogen and oxygen atoms in total. The van der Waals surface area contributed by atoms with Crippen LogP contribution in [0.15, 0.2) is 29.2 Å². The molecule has 2 amide bonds. The van der Waals surface area contributed by atoms with E-state index in [1.54, 1.807) is 13.8 Å². The first-order valence-electron chi connectivity index (χ1n) is 10.4. The number of sulfonamides is 1. The van der Waals surface area contributed by atoms with Gasteiger partial charge in [0.05, 0.1) is 11.4 Å². The van der Waals surface area contributed by atoms with Crippen molar-refractivity contribution in [2.24, 2.45) is 11.8 Å². The van der Waals surface area contributed by atoms with Gasteiger partial charge in [0.25, 0.3) is 5.91 Å². The lowest BCUT2D eigenvalue weighted by Gasteiger charge is -2.41. The number of amides is 2. The van der Waals surface area contributed by atoms with Gasteiger partial charge in [0.15, 0.2) is 0 Å². The predicted octanol–water partition coefficient (Wildman–Crippen LogP) is 2.14. The van der Waals surface area contributed by atoms with Crippen LogP contribution in [-0.2, 0) is 14.8 Å². The summed E-state index contributed by atoms with van der Waals surface area (Å²) in [5.41, 5.74) is 0.326. The smallest absolute Gasteiger partial charge is 0.251 e. The number of fused-ring (bicyclic) bond motifs is 1. The average molecular weight is 422 g/mol. The molecule has 8 heteroatoms. The van der Waals surface area contributed by atoms with E-state index in [4.69, 9.17) is 0 Å². The fraction of sp³-hybridized carbons (Fsp3) is 0.619. The summed E-state index contributed by atoms with van der Waals surface area (Å²) >= 11 is 0. The predicted molar refractivity (Wildman–Crippen MR) is 111 cm³/mol. The molecule has 0 radical (unpaired) electrons. The Morgan fingerprint density at radius 2 is 1.72 bits per heavy atom. The van der Waals surface area contributed by atoms with Gasteiger partial charge in [-0.1, -0.05) is 19.3 Å². The summed E-state index contributed by atoms with van der Waals surface area (Å²) in [5, 5.41) is 2.66. The van der Waals surface area contributed by atoms with Crippen molar-refractivity contribution in [1.29, 1.82) is 0 Å². The Labute approximate surface area is 173 Å². The molecule has 2 atom stereocenters. The highest BCUT2D eigenvalue weighted by molar-refractivity contribution is 7.89. The van der Waals surface area contributed by atoms with Gasteiger partial charge in [0, 0.05) is 24.7 Å². The minimum atomic E-state index is -3.59. The average Bonchev–Trinajstić information content (AvgIpc) is 2.70. The van der Waals surface area contributed by atoms with Crippen LogP contribution in [0.3, 0.4) is 0 Å². The van der Waals surface area contributed by atoms with Crippen LogP contribution in [0.5, 0.6) is 0 Å². The van der Waals surface area contributed by atoms with Gasteiger partial charge in [-0.15, -0.1) is 0 Å². The quantitative estimate of drug-likeness (QED) is 0.736. The van der Waals surface area contributed by atoms with Crippen molar-refractivity contribution in [3.05, 3.63) is 29.8 Å². The number of piperidine rings is 1. The van der Waals surface area contributed by atoms with E-state index in [9.17, 15) is 18.0 Å². The van der Waals surface area contributed by atoms with Crippen LogP contribution in [0, 0.1) is 11.8 Å². The van der Waals surface area contributed by atoms with E-state index in [-0.39, 0.29) is 29.3 Å². The van der Waals surface area contributed by atoms with Crippen molar-refractivity contribution in [3.63, 3.8) is 0 Å². The Balaban J connectivity index is 1.52. The van der Waals surface area contributed by atoms with E-state index >= 15 is 0 Å². The summed E-state index contributed by atoms with van der Waals surface area (Å²) in [6.45, 7) is 5.02. The Kier molecular flexibility index (Phi) is 6.95. The van der Waals surface area contributed by atoms with E-state index in [2.05, 4.69) is 10.0 Å². The summed E-state index contributed by atoms with van der Waals surface area (Å²) in [4.78, 5) is 26.9. The van der Waals surface area contributed by atoms with Crippen LogP contribution >= 0.6 is 0 Å². The summed E-state index contributed by atoms with van der Waals surface area (Å²) < 4.78 is 26.8. The number of carbonyl (C=O) groups is 2. The van der Waals surface area contributed by atoms with E-state index in [1.807, 2.05) is 4.90 Å². The molecule has 2 fully saturated rings. The first kappa shape index (κ1) is 21.8. The minimum absolute atomic E-state index is 0.0365. The van der Waals surface area contributed by atoms with Crippen molar-refractivity contribution in [1.82, 2.24) is 14.9 Å². The number of nitrogens with zero attached hydrogens (tertiary/aromatic N) is 1. The second-order valence-electron chi connectivity index (χ2n) is 8.42. The molecule has 1 saturated heterocycles. The minimum Gasteiger partial charge on any atom is -0.343 e. The first-order valence-corrected chi connectivity index (χ1v) is 11.9. The molecular formula is C21H31N3O4S. The molecule has 2 aliphatic rings. The highest BCUT2D eigenvalue weighted by atomic mass is 32.2. The van der Waals surface area contributed by atoms with Crippen molar-refractivity contribution < 1.29 is 18.0 Å². The van der Waals surface area contributed by atoms with Crippen LogP contribution < -0.4 is 10.0 Å². The molecule has 0 bridgehead atoms. The molecule has 2 N–H and O–H groups in total. The van der Waals surface area contributed by atoms with Crippen LogP contribution in [0.25, 0.3) is 0 Å². The largest absolute Gasteiger partial charge is 0.343 e. The van der Waals surface area contributed by atoms with Crippen LogP contribution in [0.1, 0.15) is 56.3 Å². The highest BCUT2D eigenvalue weighted by Gasteiger charge is 2.32. The van der Waals surface area contributed by atoms with Gasteiger partial charge in [-0.25, -0.2) is 13.1 Å². The molecule has 1 heterocycles.